The SMILES string of the molecule is CCc1ccc(NC(=O)CC2SC(=Nc3ccc(Br)cc3Br)N(CC)C2=O)cc1. The Morgan fingerprint density at radius 2 is 1.90 bits per heavy atom. The molecule has 0 aromatic heterocycles. The van der Waals surface area contributed by atoms with Crippen molar-refractivity contribution in [3.8, 4) is 0 Å². The maximum Gasteiger partial charge on any atom is 0.242 e. The second-order valence-corrected chi connectivity index (χ2v) is 9.42. The zero-order valence-electron chi connectivity index (χ0n) is 16.1. The fourth-order valence-electron chi connectivity index (χ4n) is 2.90. The first kappa shape index (κ1) is 22.1. The van der Waals surface area contributed by atoms with E-state index in [0.29, 0.717) is 11.7 Å². The molecule has 1 saturated heterocycles. The molecule has 1 fully saturated rings. The summed E-state index contributed by atoms with van der Waals surface area (Å²) in [6.07, 6.45) is 1.06. The van der Waals surface area contributed by atoms with Gasteiger partial charge in [0.25, 0.3) is 0 Å². The van der Waals surface area contributed by atoms with E-state index in [9.17, 15) is 9.59 Å². The smallest absolute Gasteiger partial charge is 0.242 e. The number of thioether (sulfide) groups is 1. The summed E-state index contributed by atoms with van der Waals surface area (Å²) in [6, 6.07) is 13.4. The molecule has 3 rings (SSSR count). The van der Waals surface area contributed by atoms with Crippen LogP contribution in [0.4, 0.5) is 11.4 Å². The van der Waals surface area contributed by atoms with Gasteiger partial charge in [0.05, 0.1) is 5.69 Å². The average molecular weight is 539 g/mol. The molecule has 2 aromatic carbocycles. The number of carbonyl (C=O) groups is 2. The van der Waals surface area contributed by atoms with Gasteiger partial charge in [-0.15, -0.1) is 0 Å². The Morgan fingerprint density at radius 3 is 2.52 bits per heavy atom. The first-order valence-corrected chi connectivity index (χ1v) is 11.8. The van der Waals surface area contributed by atoms with Crippen molar-refractivity contribution in [2.75, 3.05) is 11.9 Å². The largest absolute Gasteiger partial charge is 0.326 e. The number of anilines is 1. The molecule has 2 aromatic rings. The van der Waals surface area contributed by atoms with Crippen molar-refractivity contribution in [1.29, 1.82) is 0 Å². The Labute approximate surface area is 191 Å². The molecule has 1 aliphatic rings. The number of aliphatic imine (C=N–C) groups is 1. The number of amides is 2. The third kappa shape index (κ3) is 5.49. The van der Waals surface area contributed by atoms with Crippen molar-refractivity contribution in [2.45, 2.75) is 31.9 Å². The summed E-state index contributed by atoms with van der Waals surface area (Å²) in [7, 11) is 0. The van der Waals surface area contributed by atoms with E-state index >= 15 is 0 Å². The molecule has 0 saturated carbocycles. The van der Waals surface area contributed by atoms with Crippen LogP contribution in [0.2, 0.25) is 0 Å². The highest BCUT2D eigenvalue weighted by atomic mass is 79.9. The molecular formula is C21H21Br2N3O2S. The molecule has 1 heterocycles. The third-order valence-electron chi connectivity index (χ3n) is 4.48. The lowest BCUT2D eigenvalue weighted by atomic mass is 10.1. The van der Waals surface area contributed by atoms with E-state index < -0.39 is 5.25 Å². The molecule has 8 heteroatoms. The van der Waals surface area contributed by atoms with Crippen LogP contribution in [-0.2, 0) is 16.0 Å². The number of nitrogens with zero attached hydrogens (tertiary/aromatic N) is 2. The first-order chi connectivity index (χ1) is 13.9. The highest BCUT2D eigenvalue weighted by Crippen LogP contribution is 2.35. The number of carbonyl (C=O) groups excluding carboxylic acids is 2. The number of halogens is 2. The predicted octanol–water partition coefficient (Wildman–Crippen LogP) is 5.75. The van der Waals surface area contributed by atoms with Crippen molar-refractivity contribution in [1.82, 2.24) is 4.90 Å². The highest BCUT2D eigenvalue weighted by Gasteiger charge is 2.38. The van der Waals surface area contributed by atoms with Crippen molar-refractivity contribution in [3.05, 3.63) is 57.0 Å². The van der Waals surface area contributed by atoms with E-state index in [-0.39, 0.29) is 18.2 Å². The molecular weight excluding hydrogens is 518 g/mol. The van der Waals surface area contributed by atoms with Crippen LogP contribution >= 0.6 is 43.6 Å². The van der Waals surface area contributed by atoms with Crippen molar-refractivity contribution < 1.29 is 9.59 Å². The molecule has 0 aliphatic carbocycles. The van der Waals surface area contributed by atoms with Crippen LogP contribution < -0.4 is 5.32 Å². The van der Waals surface area contributed by atoms with E-state index in [4.69, 9.17) is 0 Å². The third-order valence-corrected chi connectivity index (χ3v) is 6.78. The van der Waals surface area contributed by atoms with Gasteiger partial charge in [0.1, 0.15) is 5.25 Å². The Balaban J connectivity index is 1.70. The monoisotopic (exact) mass is 537 g/mol. The lowest BCUT2D eigenvalue weighted by Gasteiger charge is -2.13. The molecule has 0 spiro atoms. The quantitative estimate of drug-likeness (QED) is 0.509. The zero-order valence-corrected chi connectivity index (χ0v) is 20.1. The Hall–Kier alpha value is -1.64. The number of rotatable bonds is 6. The predicted molar refractivity (Wildman–Crippen MR) is 127 cm³/mol. The summed E-state index contributed by atoms with van der Waals surface area (Å²) in [6.45, 7) is 4.50. The molecule has 5 nitrogen and oxygen atoms in total. The van der Waals surface area contributed by atoms with E-state index in [1.165, 1.54) is 17.3 Å². The molecule has 1 unspecified atom stereocenters. The summed E-state index contributed by atoms with van der Waals surface area (Å²) in [4.78, 5) is 31.5. The minimum absolute atomic E-state index is 0.0824. The number of hydrogen-bond acceptors (Lipinski definition) is 4. The second-order valence-electron chi connectivity index (χ2n) is 6.48. The number of nitrogens with one attached hydrogen (secondary N) is 1. The Kier molecular flexibility index (Phi) is 7.54. The number of aryl methyl sites for hydroxylation is 1. The van der Waals surface area contributed by atoms with Crippen LogP contribution in [0, 0.1) is 0 Å². The van der Waals surface area contributed by atoms with Gasteiger partial charge in [0.2, 0.25) is 11.8 Å². The Morgan fingerprint density at radius 1 is 1.17 bits per heavy atom. The van der Waals surface area contributed by atoms with Crippen molar-refractivity contribution in [2.24, 2.45) is 4.99 Å². The molecule has 1 N–H and O–H groups in total. The number of benzene rings is 2. The van der Waals surface area contributed by atoms with Gasteiger partial charge >= 0.3 is 0 Å². The van der Waals surface area contributed by atoms with E-state index in [2.05, 4.69) is 49.1 Å². The molecule has 152 valence electrons. The first-order valence-electron chi connectivity index (χ1n) is 9.31. The summed E-state index contributed by atoms with van der Waals surface area (Å²) < 4.78 is 1.78. The lowest BCUT2D eigenvalue weighted by molar-refractivity contribution is -0.128. The molecule has 1 atom stereocenters. The van der Waals surface area contributed by atoms with Gasteiger partial charge in [-0.05, 0) is 65.2 Å². The molecule has 1 aliphatic heterocycles. The summed E-state index contributed by atoms with van der Waals surface area (Å²) in [5.41, 5.74) is 2.69. The minimum atomic E-state index is -0.474. The Bertz CT molecular complexity index is 947. The lowest BCUT2D eigenvalue weighted by Crippen LogP contribution is -2.33. The minimum Gasteiger partial charge on any atom is -0.326 e. The van der Waals surface area contributed by atoms with Gasteiger partial charge in [0, 0.05) is 27.6 Å². The molecule has 29 heavy (non-hydrogen) atoms. The van der Waals surface area contributed by atoms with Gasteiger partial charge in [-0.3, -0.25) is 14.5 Å². The second kappa shape index (κ2) is 9.91. The van der Waals surface area contributed by atoms with Crippen molar-refractivity contribution >= 4 is 72.0 Å². The van der Waals surface area contributed by atoms with E-state index in [0.717, 1.165) is 26.7 Å². The molecule has 0 bridgehead atoms. The van der Waals surface area contributed by atoms with Crippen LogP contribution in [-0.4, -0.2) is 33.7 Å². The highest BCUT2D eigenvalue weighted by molar-refractivity contribution is 9.11. The summed E-state index contributed by atoms with van der Waals surface area (Å²) >= 11 is 8.26. The fourth-order valence-corrected chi connectivity index (χ4v) is 5.25. The van der Waals surface area contributed by atoms with Gasteiger partial charge in [-0.1, -0.05) is 46.7 Å². The van der Waals surface area contributed by atoms with Crippen molar-refractivity contribution in [3.63, 3.8) is 0 Å². The van der Waals surface area contributed by atoms with Gasteiger partial charge in [-0.25, -0.2) is 4.99 Å². The number of amidine groups is 1. The van der Waals surface area contributed by atoms with Crippen LogP contribution in [0.15, 0.2) is 56.4 Å². The zero-order chi connectivity index (χ0) is 21.0. The normalized spacial score (nSPS) is 17.8. The molecule has 0 radical (unpaired) electrons. The number of hydrogen-bond donors (Lipinski definition) is 1. The fraction of sp³-hybridized carbons (Fsp3) is 0.286. The van der Waals surface area contributed by atoms with Gasteiger partial charge in [-0.2, -0.15) is 0 Å². The van der Waals surface area contributed by atoms with Crippen LogP contribution in [0.3, 0.4) is 0 Å². The standard InChI is InChI=1S/C21H21Br2N3O2S/c1-3-13-5-8-15(9-6-13)24-19(27)12-18-20(28)26(4-2)21(29-18)25-17-10-7-14(22)11-16(17)23/h5-11,18H,3-4,12H2,1-2H3,(H,24,27). The van der Waals surface area contributed by atoms with E-state index in [1.807, 2.05) is 49.4 Å². The van der Waals surface area contributed by atoms with E-state index in [1.54, 1.807) is 4.90 Å². The van der Waals surface area contributed by atoms with Crippen LogP contribution in [0.5, 0.6) is 0 Å². The molecule has 2 amide bonds. The average Bonchev–Trinajstić information content (AvgIpc) is 2.98. The van der Waals surface area contributed by atoms with Crippen LogP contribution in [0.1, 0.15) is 25.8 Å². The summed E-state index contributed by atoms with van der Waals surface area (Å²) in [5.74, 6) is -0.261. The summed E-state index contributed by atoms with van der Waals surface area (Å²) in [5, 5.41) is 3.02. The van der Waals surface area contributed by atoms with Gasteiger partial charge < -0.3 is 5.32 Å². The maximum atomic E-state index is 12.8. The van der Waals surface area contributed by atoms with Crippen LogP contribution in [0.25, 0.3) is 0 Å². The maximum absolute atomic E-state index is 12.8. The van der Waals surface area contributed by atoms with Gasteiger partial charge in [0.15, 0.2) is 5.17 Å². The topological polar surface area (TPSA) is 61.8 Å².